The Morgan fingerprint density at radius 2 is 2.00 bits per heavy atom. The van der Waals surface area contributed by atoms with Gasteiger partial charge in [-0.15, -0.1) is 11.3 Å². The van der Waals surface area contributed by atoms with Crippen LogP contribution in [0.5, 0.6) is 0 Å². The van der Waals surface area contributed by atoms with Gasteiger partial charge in [-0.25, -0.2) is 9.78 Å². The summed E-state index contributed by atoms with van der Waals surface area (Å²) in [6.45, 7) is 3.21. The van der Waals surface area contributed by atoms with Gasteiger partial charge >= 0.3 is 5.97 Å². The van der Waals surface area contributed by atoms with Crippen molar-refractivity contribution >= 4 is 23.2 Å². The maximum atomic E-state index is 12.2. The molecule has 1 amide bonds. The number of carbonyl (C=O) groups is 2. The minimum absolute atomic E-state index is 0.304. The number of aromatic nitrogens is 1. The first-order valence-electron chi connectivity index (χ1n) is 6.53. The Labute approximate surface area is 126 Å². The molecule has 0 bridgehead atoms. The number of carbonyl (C=O) groups excluding carboxylic acids is 1. The molecule has 5 nitrogen and oxygen atoms in total. The van der Waals surface area contributed by atoms with E-state index >= 15 is 0 Å². The van der Waals surface area contributed by atoms with Crippen LogP contribution in [-0.2, 0) is 4.79 Å². The first-order valence-corrected chi connectivity index (χ1v) is 7.35. The van der Waals surface area contributed by atoms with E-state index < -0.39 is 17.4 Å². The molecule has 2 aromatic rings. The maximum absolute atomic E-state index is 12.2. The van der Waals surface area contributed by atoms with E-state index in [4.69, 9.17) is 0 Å². The average Bonchev–Trinajstić information content (AvgIpc) is 2.97. The minimum Gasteiger partial charge on any atom is -0.480 e. The molecule has 2 N–H and O–H groups in total. The van der Waals surface area contributed by atoms with Crippen molar-refractivity contribution in [3.05, 3.63) is 41.4 Å². The lowest BCUT2D eigenvalue weighted by atomic mass is 9.99. The summed E-state index contributed by atoms with van der Waals surface area (Å²) in [4.78, 5) is 28.0. The van der Waals surface area contributed by atoms with Gasteiger partial charge in [0.25, 0.3) is 5.91 Å². The highest BCUT2D eigenvalue weighted by molar-refractivity contribution is 7.16. The van der Waals surface area contributed by atoms with Crippen LogP contribution in [0.1, 0.15) is 29.9 Å². The van der Waals surface area contributed by atoms with Gasteiger partial charge in [-0.3, -0.25) is 4.79 Å². The molecule has 2 rings (SSSR count). The van der Waals surface area contributed by atoms with Gasteiger partial charge in [-0.2, -0.15) is 0 Å². The number of thiazole rings is 1. The summed E-state index contributed by atoms with van der Waals surface area (Å²) in [5.74, 6) is -1.47. The van der Waals surface area contributed by atoms with Gasteiger partial charge in [-0.1, -0.05) is 37.3 Å². The van der Waals surface area contributed by atoms with Crippen LogP contribution in [0.15, 0.2) is 36.5 Å². The van der Waals surface area contributed by atoms with Crippen LogP contribution >= 0.6 is 11.3 Å². The Morgan fingerprint density at radius 1 is 1.33 bits per heavy atom. The van der Waals surface area contributed by atoms with E-state index in [9.17, 15) is 14.7 Å². The van der Waals surface area contributed by atoms with Crippen LogP contribution in [0.4, 0.5) is 0 Å². The molecule has 110 valence electrons. The summed E-state index contributed by atoms with van der Waals surface area (Å²) >= 11 is 1.24. The van der Waals surface area contributed by atoms with Crippen LogP contribution in [0, 0.1) is 0 Å². The quantitative estimate of drug-likeness (QED) is 0.890. The molecule has 0 aliphatic carbocycles. The Bertz CT molecular complexity index is 654. The first-order chi connectivity index (χ1) is 9.96. The van der Waals surface area contributed by atoms with Crippen molar-refractivity contribution in [1.82, 2.24) is 10.3 Å². The zero-order valence-corrected chi connectivity index (χ0v) is 12.6. The van der Waals surface area contributed by atoms with Crippen molar-refractivity contribution in [2.75, 3.05) is 0 Å². The lowest BCUT2D eigenvalue weighted by Crippen LogP contribution is -2.51. The molecule has 1 heterocycles. The third kappa shape index (κ3) is 3.28. The molecule has 0 spiro atoms. The van der Waals surface area contributed by atoms with E-state index in [1.54, 1.807) is 6.92 Å². The third-order valence-corrected chi connectivity index (χ3v) is 4.36. The first kappa shape index (κ1) is 15.2. The zero-order valence-electron chi connectivity index (χ0n) is 11.8. The van der Waals surface area contributed by atoms with Crippen LogP contribution in [0.2, 0.25) is 0 Å². The molecule has 0 aliphatic heterocycles. The van der Waals surface area contributed by atoms with Gasteiger partial charge in [0, 0.05) is 5.56 Å². The summed E-state index contributed by atoms with van der Waals surface area (Å²) in [7, 11) is 0. The van der Waals surface area contributed by atoms with E-state index in [2.05, 4.69) is 10.3 Å². The van der Waals surface area contributed by atoms with Crippen molar-refractivity contribution in [3.8, 4) is 10.6 Å². The van der Waals surface area contributed by atoms with Crippen molar-refractivity contribution in [1.29, 1.82) is 0 Å². The maximum Gasteiger partial charge on any atom is 0.329 e. The van der Waals surface area contributed by atoms with Gasteiger partial charge in [0.2, 0.25) is 0 Å². The molecule has 1 aromatic heterocycles. The summed E-state index contributed by atoms with van der Waals surface area (Å²) in [6, 6.07) is 9.52. The zero-order chi connectivity index (χ0) is 15.5. The number of aliphatic carboxylic acids is 1. The molecule has 1 atom stereocenters. The van der Waals surface area contributed by atoms with Gasteiger partial charge in [0.1, 0.15) is 15.4 Å². The van der Waals surface area contributed by atoms with Gasteiger partial charge in [-0.05, 0) is 13.3 Å². The fourth-order valence-corrected chi connectivity index (χ4v) is 2.52. The topological polar surface area (TPSA) is 79.3 Å². The monoisotopic (exact) mass is 304 g/mol. The Hall–Kier alpha value is -2.21. The number of nitrogens with one attached hydrogen (secondary N) is 1. The van der Waals surface area contributed by atoms with Crippen LogP contribution in [0.25, 0.3) is 10.6 Å². The SMILES string of the molecule is CCC(C)(NC(=O)c1cnc(-c2ccccc2)s1)C(=O)O. The number of rotatable bonds is 5. The van der Waals surface area contributed by atoms with Crippen molar-refractivity contribution in [3.63, 3.8) is 0 Å². The highest BCUT2D eigenvalue weighted by atomic mass is 32.1. The van der Waals surface area contributed by atoms with E-state index in [-0.39, 0.29) is 0 Å². The predicted octanol–water partition coefficient (Wildman–Crippen LogP) is 2.79. The highest BCUT2D eigenvalue weighted by Crippen LogP contribution is 2.25. The number of hydrogen-bond acceptors (Lipinski definition) is 4. The van der Waals surface area contributed by atoms with E-state index in [1.165, 1.54) is 24.5 Å². The van der Waals surface area contributed by atoms with Crippen molar-refractivity contribution in [2.45, 2.75) is 25.8 Å². The molecule has 0 saturated carbocycles. The molecule has 6 heteroatoms. The van der Waals surface area contributed by atoms with Crippen LogP contribution < -0.4 is 5.32 Å². The average molecular weight is 304 g/mol. The summed E-state index contributed by atoms with van der Waals surface area (Å²) in [6.07, 6.45) is 1.78. The molecule has 0 aliphatic rings. The number of carboxylic acids is 1. The molecule has 1 unspecified atom stereocenters. The largest absolute Gasteiger partial charge is 0.480 e. The van der Waals surface area contributed by atoms with Gasteiger partial charge < -0.3 is 10.4 Å². The van der Waals surface area contributed by atoms with E-state index in [0.717, 1.165) is 10.6 Å². The van der Waals surface area contributed by atoms with E-state index in [1.807, 2.05) is 30.3 Å². The fraction of sp³-hybridized carbons (Fsp3) is 0.267. The second kappa shape index (κ2) is 6.05. The Morgan fingerprint density at radius 3 is 2.57 bits per heavy atom. The lowest BCUT2D eigenvalue weighted by molar-refractivity contribution is -0.143. The minimum atomic E-state index is -1.27. The summed E-state index contributed by atoms with van der Waals surface area (Å²) < 4.78 is 0. The lowest BCUT2D eigenvalue weighted by Gasteiger charge is -2.23. The normalized spacial score (nSPS) is 13.4. The fourth-order valence-electron chi connectivity index (χ4n) is 1.70. The van der Waals surface area contributed by atoms with Crippen molar-refractivity contribution in [2.24, 2.45) is 0 Å². The summed E-state index contributed by atoms with van der Waals surface area (Å²) in [5.41, 5.74) is -0.341. The van der Waals surface area contributed by atoms with Gasteiger partial charge in [0.05, 0.1) is 6.20 Å². The standard InChI is InChI=1S/C15H16N2O3S/c1-3-15(2,14(19)20)17-12(18)11-9-16-13(21-11)10-7-5-4-6-8-10/h4-9H,3H2,1-2H3,(H,17,18)(H,19,20). The third-order valence-electron chi connectivity index (χ3n) is 3.32. The molecule has 0 saturated heterocycles. The molecule has 0 radical (unpaired) electrons. The number of nitrogens with zero attached hydrogens (tertiary/aromatic N) is 1. The molecule has 21 heavy (non-hydrogen) atoms. The Kier molecular flexibility index (Phi) is 4.37. The summed E-state index contributed by atoms with van der Waals surface area (Å²) in [5, 5.41) is 12.5. The number of carboxylic acid groups (broad SMARTS) is 1. The van der Waals surface area contributed by atoms with Crippen LogP contribution in [-0.4, -0.2) is 27.5 Å². The second-order valence-corrected chi connectivity index (χ2v) is 5.87. The van der Waals surface area contributed by atoms with Crippen molar-refractivity contribution < 1.29 is 14.7 Å². The molecular formula is C15H16N2O3S. The predicted molar refractivity (Wildman–Crippen MR) is 81.3 cm³/mol. The highest BCUT2D eigenvalue weighted by Gasteiger charge is 2.33. The second-order valence-electron chi connectivity index (χ2n) is 4.84. The Balaban J connectivity index is 2.18. The number of amides is 1. The molecule has 0 fully saturated rings. The van der Waals surface area contributed by atoms with Gasteiger partial charge in [0.15, 0.2) is 0 Å². The molecule has 1 aromatic carbocycles. The smallest absolute Gasteiger partial charge is 0.329 e. The number of benzene rings is 1. The molecular weight excluding hydrogens is 288 g/mol. The van der Waals surface area contributed by atoms with Crippen LogP contribution in [0.3, 0.4) is 0 Å². The number of hydrogen-bond donors (Lipinski definition) is 2. The van der Waals surface area contributed by atoms with E-state index in [0.29, 0.717) is 11.3 Å².